The molecule has 1 aromatic carbocycles. The highest BCUT2D eigenvalue weighted by molar-refractivity contribution is 7.88. The molecule has 1 atom stereocenters. The van der Waals surface area contributed by atoms with Crippen molar-refractivity contribution in [3.8, 4) is 5.88 Å². The van der Waals surface area contributed by atoms with E-state index >= 15 is 0 Å². The van der Waals surface area contributed by atoms with E-state index < -0.39 is 10.0 Å². The second-order valence-electron chi connectivity index (χ2n) is 5.67. The Morgan fingerprint density at radius 3 is 2.75 bits per heavy atom. The highest BCUT2D eigenvalue weighted by atomic mass is 32.2. The maximum Gasteiger partial charge on any atom is 0.218 e. The number of halogens is 1. The lowest BCUT2D eigenvalue weighted by Crippen LogP contribution is -2.44. The van der Waals surface area contributed by atoms with Crippen molar-refractivity contribution in [2.24, 2.45) is 0 Å². The fraction of sp³-hybridized carbons (Fsp3) is 0.375. The Morgan fingerprint density at radius 1 is 1.25 bits per heavy atom. The molecule has 128 valence electrons. The number of benzene rings is 1. The van der Waals surface area contributed by atoms with E-state index in [-0.39, 0.29) is 24.2 Å². The zero-order valence-corrected chi connectivity index (χ0v) is 13.8. The average Bonchev–Trinajstić information content (AvgIpc) is 2.58. The van der Waals surface area contributed by atoms with Crippen molar-refractivity contribution in [3.05, 3.63) is 54.2 Å². The SMILES string of the molecule is O=S(=O)(Cc1ccc(F)cc1)N1CCCC(Oc2ccncn2)C1. The van der Waals surface area contributed by atoms with Gasteiger partial charge in [-0.3, -0.25) is 0 Å². The number of hydrogen-bond donors (Lipinski definition) is 0. The molecule has 1 aromatic heterocycles. The van der Waals surface area contributed by atoms with Crippen molar-refractivity contribution in [3.63, 3.8) is 0 Å². The Kier molecular flexibility index (Phi) is 5.06. The highest BCUT2D eigenvalue weighted by Gasteiger charge is 2.30. The number of nitrogens with zero attached hydrogens (tertiary/aromatic N) is 3. The summed E-state index contributed by atoms with van der Waals surface area (Å²) in [6.07, 6.45) is 4.22. The van der Waals surface area contributed by atoms with Crippen LogP contribution in [0.1, 0.15) is 18.4 Å². The van der Waals surface area contributed by atoms with Gasteiger partial charge in [0.1, 0.15) is 18.2 Å². The van der Waals surface area contributed by atoms with Crippen molar-refractivity contribution in [2.75, 3.05) is 13.1 Å². The predicted octanol–water partition coefficient (Wildman–Crippen LogP) is 1.99. The lowest BCUT2D eigenvalue weighted by molar-refractivity contribution is 0.124. The minimum atomic E-state index is -3.48. The van der Waals surface area contributed by atoms with Crippen LogP contribution >= 0.6 is 0 Å². The van der Waals surface area contributed by atoms with Crippen LogP contribution in [0.15, 0.2) is 42.9 Å². The van der Waals surface area contributed by atoms with Gasteiger partial charge in [0, 0.05) is 18.8 Å². The van der Waals surface area contributed by atoms with Crippen LogP contribution < -0.4 is 4.74 Å². The molecule has 3 rings (SSSR count). The fourth-order valence-electron chi connectivity index (χ4n) is 2.66. The molecule has 1 aliphatic heterocycles. The first-order chi connectivity index (χ1) is 11.5. The van der Waals surface area contributed by atoms with Crippen LogP contribution in [0.4, 0.5) is 4.39 Å². The van der Waals surface area contributed by atoms with E-state index in [2.05, 4.69) is 9.97 Å². The quantitative estimate of drug-likeness (QED) is 0.824. The van der Waals surface area contributed by atoms with Gasteiger partial charge >= 0.3 is 0 Å². The van der Waals surface area contributed by atoms with Gasteiger partial charge in [0.25, 0.3) is 0 Å². The Bertz CT molecular complexity index is 769. The van der Waals surface area contributed by atoms with E-state index in [0.29, 0.717) is 18.0 Å². The molecule has 0 spiro atoms. The first kappa shape index (κ1) is 16.8. The molecule has 1 unspecified atom stereocenters. The smallest absolute Gasteiger partial charge is 0.218 e. The van der Waals surface area contributed by atoms with E-state index in [9.17, 15) is 12.8 Å². The molecule has 0 saturated carbocycles. The van der Waals surface area contributed by atoms with Crippen molar-refractivity contribution < 1.29 is 17.5 Å². The molecule has 2 heterocycles. The lowest BCUT2D eigenvalue weighted by atomic mass is 10.1. The van der Waals surface area contributed by atoms with E-state index in [4.69, 9.17) is 4.74 Å². The molecule has 8 heteroatoms. The fourth-order valence-corrected chi connectivity index (χ4v) is 4.25. The van der Waals surface area contributed by atoms with Crippen LogP contribution in [0, 0.1) is 5.82 Å². The van der Waals surface area contributed by atoms with Gasteiger partial charge in [-0.1, -0.05) is 12.1 Å². The van der Waals surface area contributed by atoms with Gasteiger partial charge in [-0.2, -0.15) is 4.31 Å². The van der Waals surface area contributed by atoms with E-state index in [1.807, 2.05) is 0 Å². The topological polar surface area (TPSA) is 72.4 Å². The van der Waals surface area contributed by atoms with Crippen LogP contribution in [-0.4, -0.2) is 41.9 Å². The molecule has 0 aliphatic carbocycles. The number of rotatable bonds is 5. The number of ether oxygens (including phenoxy) is 1. The lowest BCUT2D eigenvalue weighted by Gasteiger charge is -2.31. The third-order valence-corrected chi connectivity index (χ3v) is 5.66. The van der Waals surface area contributed by atoms with Crippen LogP contribution in [0.25, 0.3) is 0 Å². The van der Waals surface area contributed by atoms with Crippen LogP contribution in [0.2, 0.25) is 0 Å². The molecular weight excluding hydrogens is 333 g/mol. The normalized spacial score (nSPS) is 19.1. The van der Waals surface area contributed by atoms with Crippen molar-refractivity contribution in [2.45, 2.75) is 24.7 Å². The van der Waals surface area contributed by atoms with Gasteiger partial charge in [0.2, 0.25) is 15.9 Å². The number of aromatic nitrogens is 2. The summed E-state index contributed by atoms with van der Waals surface area (Å²) in [5, 5.41) is 0. The van der Waals surface area contributed by atoms with Crippen LogP contribution in [0.3, 0.4) is 0 Å². The third-order valence-electron chi connectivity index (χ3n) is 3.84. The summed E-state index contributed by atoms with van der Waals surface area (Å²) < 4.78 is 45.3. The van der Waals surface area contributed by atoms with Gasteiger partial charge in [-0.05, 0) is 30.5 Å². The van der Waals surface area contributed by atoms with Gasteiger partial charge < -0.3 is 4.74 Å². The predicted molar refractivity (Wildman–Crippen MR) is 86.3 cm³/mol. The minimum absolute atomic E-state index is 0.145. The molecule has 0 N–H and O–H groups in total. The van der Waals surface area contributed by atoms with Crippen molar-refractivity contribution in [1.82, 2.24) is 14.3 Å². The highest BCUT2D eigenvalue weighted by Crippen LogP contribution is 2.20. The summed E-state index contributed by atoms with van der Waals surface area (Å²) in [6, 6.07) is 7.16. The van der Waals surface area contributed by atoms with Crippen molar-refractivity contribution in [1.29, 1.82) is 0 Å². The van der Waals surface area contributed by atoms with Crippen LogP contribution in [-0.2, 0) is 15.8 Å². The molecule has 2 aromatic rings. The molecule has 6 nitrogen and oxygen atoms in total. The van der Waals surface area contributed by atoms with Gasteiger partial charge in [-0.25, -0.2) is 22.8 Å². The summed E-state index contributed by atoms with van der Waals surface area (Å²) in [5.74, 6) is -0.0896. The van der Waals surface area contributed by atoms with Gasteiger partial charge in [0.05, 0.1) is 12.3 Å². The Morgan fingerprint density at radius 2 is 2.04 bits per heavy atom. The zero-order valence-electron chi connectivity index (χ0n) is 13.0. The van der Waals surface area contributed by atoms with E-state index in [1.54, 1.807) is 12.3 Å². The number of hydrogen-bond acceptors (Lipinski definition) is 5. The summed E-state index contributed by atoms with van der Waals surface area (Å²) in [6.45, 7) is 0.751. The Hall–Kier alpha value is -2.06. The molecule has 1 fully saturated rings. The zero-order chi connectivity index (χ0) is 17.0. The Balaban J connectivity index is 1.65. The molecular formula is C16H18FN3O3S. The summed E-state index contributed by atoms with van der Waals surface area (Å²) in [7, 11) is -3.48. The van der Waals surface area contributed by atoms with Crippen LogP contribution in [0.5, 0.6) is 5.88 Å². The number of piperidine rings is 1. The minimum Gasteiger partial charge on any atom is -0.473 e. The number of sulfonamides is 1. The molecule has 1 aliphatic rings. The van der Waals surface area contributed by atoms with Crippen molar-refractivity contribution >= 4 is 10.0 Å². The average molecular weight is 351 g/mol. The molecule has 0 radical (unpaired) electrons. The summed E-state index contributed by atoms with van der Waals surface area (Å²) in [4.78, 5) is 7.82. The summed E-state index contributed by atoms with van der Waals surface area (Å²) >= 11 is 0. The third kappa shape index (κ3) is 4.27. The molecule has 0 amide bonds. The molecule has 0 bridgehead atoms. The standard InChI is InChI=1S/C16H18FN3O3S/c17-14-5-3-13(4-6-14)11-24(21,22)20-9-1-2-15(10-20)23-16-7-8-18-12-19-16/h3-8,12,15H,1-2,9-11H2. The first-order valence-electron chi connectivity index (χ1n) is 7.68. The summed E-state index contributed by atoms with van der Waals surface area (Å²) in [5.41, 5.74) is 0.565. The second-order valence-corrected chi connectivity index (χ2v) is 7.64. The Labute approximate surface area is 140 Å². The largest absolute Gasteiger partial charge is 0.473 e. The first-order valence-corrected chi connectivity index (χ1v) is 9.29. The molecule has 1 saturated heterocycles. The second kappa shape index (κ2) is 7.23. The maximum absolute atomic E-state index is 12.9. The van der Waals surface area contributed by atoms with Gasteiger partial charge in [0.15, 0.2) is 0 Å². The van der Waals surface area contributed by atoms with E-state index in [0.717, 1.165) is 12.8 Å². The van der Waals surface area contributed by atoms with Gasteiger partial charge in [-0.15, -0.1) is 0 Å². The monoisotopic (exact) mass is 351 g/mol. The maximum atomic E-state index is 12.9. The van der Waals surface area contributed by atoms with E-state index in [1.165, 1.54) is 34.9 Å². The molecule has 24 heavy (non-hydrogen) atoms.